The lowest BCUT2D eigenvalue weighted by Crippen LogP contribution is -2.49. The topological polar surface area (TPSA) is 43.9 Å². The Morgan fingerprint density at radius 1 is 0.964 bits per heavy atom. The number of carbonyl (C=O) groups excluding carboxylic acids is 2. The molecule has 3 rings (SSSR count). The van der Waals surface area contributed by atoms with Gasteiger partial charge in [-0.3, -0.25) is 14.5 Å². The summed E-state index contributed by atoms with van der Waals surface area (Å²) >= 11 is 0. The summed E-state index contributed by atoms with van der Waals surface area (Å²) in [5, 5.41) is 0. The molecular formula is C23H29N3O2. The van der Waals surface area contributed by atoms with Gasteiger partial charge in [-0.1, -0.05) is 42.5 Å². The van der Waals surface area contributed by atoms with Crippen molar-refractivity contribution >= 4 is 17.5 Å². The first-order valence-corrected chi connectivity index (χ1v) is 9.98. The SMILES string of the molecule is CCN(C(=O)CC(=O)N1CCN(Cc2ccccc2)CC1)c1cccc(C)c1. The number of hydrogen-bond donors (Lipinski definition) is 0. The van der Waals surface area contributed by atoms with Crippen molar-refractivity contribution in [3.8, 4) is 0 Å². The quantitative estimate of drug-likeness (QED) is 0.725. The van der Waals surface area contributed by atoms with Crippen molar-refractivity contribution in [3.05, 3.63) is 65.7 Å². The van der Waals surface area contributed by atoms with Gasteiger partial charge in [0.25, 0.3) is 0 Å². The molecule has 2 aromatic carbocycles. The van der Waals surface area contributed by atoms with Crippen LogP contribution in [0.2, 0.25) is 0 Å². The van der Waals surface area contributed by atoms with Gasteiger partial charge in [0.15, 0.2) is 0 Å². The van der Waals surface area contributed by atoms with E-state index in [0.717, 1.165) is 30.9 Å². The van der Waals surface area contributed by atoms with Crippen LogP contribution in [-0.4, -0.2) is 54.3 Å². The zero-order valence-corrected chi connectivity index (χ0v) is 16.8. The molecule has 28 heavy (non-hydrogen) atoms. The second-order valence-corrected chi connectivity index (χ2v) is 7.30. The molecule has 0 aliphatic carbocycles. The Bertz CT molecular complexity index is 799. The lowest BCUT2D eigenvalue weighted by Gasteiger charge is -2.35. The largest absolute Gasteiger partial charge is 0.340 e. The molecule has 0 aromatic heterocycles. The molecular weight excluding hydrogens is 350 g/mol. The fourth-order valence-corrected chi connectivity index (χ4v) is 3.63. The summed E-state index contributed by atoms with van der Waals surface area (Å²) in [4.78, 5) is 31.2. The maximum atomic E-state index is 12.7. The van der Waals surface area contributed by atoms with Crippen LogP contribution >= 0.6 is 0 Å². The van der Waals surface area contributed by atoms with Crippen LogP contribution in [0.3, 0.4) is 0 Å². The molecule has 1 fully saturated rings. The molecule has 5 heteroatoms. The van der Waals surface area contributed by atoms with Crippen molar-refractivity contribution in [3.63, 3.8) is 0 Å². The van der Waals surface area contributed by atoms with E-state index in [9.17, 15) is 9.59 Å². The number of anilines is 1. The first-order chi connectivity index (χ1) is 13.6. The summed E-state index contributed by atoms with van der Waals surface area (Å²) in [6.45, 7) is 8.42. The van der Waals surface area contributed by atoms with Crippen molar-refractivity contribution in [2.24, 2.45) is 0 Å². The molecule has 0 unspecified atom stereocenters. The van der Waals surface area contributed by atoms with E-state index in [1.165, 1.54) is 5.56 Å². The Labute approximate surface area is 167 Å². The Hall–Kier alpha value is -2.66. The highest BCUT2D eigenvalue weighted by Crippen LogP contribution is 2.17. The van der Waals surface area contributed by atoms with Crippen LogP contribution in [0.5, 0.6) is 0 Å². The summed E-state index contributed by atoms with van der Waals surface area (Å²) in [5.74, 6) is -0.208. The normalized spacial score (nSPS) is 14.7. The molecule has 2 aromatic rings. The minimum absolute atomic E-state index is 0.0690. The number of piperazine rings is 1. The average molecular weight is 380 g/mol. The van der Waals surface area contributed by atoms with Crippen LogP contribution in [0.25, 0.3) is 0 Å². The van der Waals surface area contributed by atoms with E-state index in [2.05, 4.69) is 29.2 Å². The maximum Gasteiger partial charge on any atom is 0.236 e. The fourth-order valence-electron chi connectivity index (χ4n) is 3.63. The first-order valence-electron chi connectivity index (χ1n) is 9.98. The molecule has 1 heterocycles. The van der Waals surface area contributed by atoms with E-state index in [1.54, 1.807) is 4.90 Å². The van der Waals surface area contributed by atoms with E-state index in [-0.39, 0.29) is 18.2 Å². The van der Waals surface area contributed by atoms with Gasteiger partial charge < -0.3 is 9.80 Å². The summed E-state index contributed by atoms with van der Waals surface area (Å²) in [5.41, 5.74) is 3.24. The molecule has 0 N–H and O–H groups in total. The van der Waals surface area contributed by atoms with Gasteiger partial charge in [-0.25, -0.2) is 0 Å². The lowest BCUT2D eigenvalue weighted by atomic mass is 10.2. The second-order valence-electron chi connectivity index (χ2n) is 7.30. The van der Waals surface area contributed by atoms with Gasteiger partial charge in [-0.15, -0.1) is 0 Å². The molecule has 0 saturated carbocycles. The highest BCUT2D eigenvalue weighted by Gasteiger charge is 2.25. The highest BCUT2D eigenvalue weighted by atomic mass is 16.2. The van der Waals surface area contributed by atoms with Crippen LogP contribution in [0.4, 0.5) is 5.69 Å². The summed E-state index contributed by atoms with van der Waals surface area (Å²) < 4.78 is 0. The van der Waals surface area contributed by atoms with E-state index in [4.69, 9.17) is 0 Å². The van der Waals surface area contributed by atoms with Crippen LogP contribution in [0, 0.1) is 6.92 Å². The summed E-state index contributed by atoms with van der Waals surface area (Å²) in [6, 6.07) is 18.2. The van der Waals surface area contributed by atoms with Crippen LogP contribution in [-0.2, 0) is 16.1 Å². The number of aryl methyl sites for hydroxylation is 1. The number of carbonyl (C=O) groups is 2. The number of amides is 2. The van der Waals surface area contributed by atoms with Crippen molar-refractivity contribution in [2.45, 2.75) is 26.8 Å². The first kappa shape index (κ1) is 20.1. The number of benzene rings is 2. The lowest BCUT2D eigenvalue weighted by molar-refractivity contribution is -0.136. The van der Waals surface area contributed by atoms with Gasteiger partial charge in [-0.05, 0) is 37.1 Å². The minimum Gasteiger partial charge on any atom is -0.340 e. The zero-order valence-electron chi connectivity index (χ0n) is 16.8. The predicted octanol–water partition coefficient (Wildman–Crippen LogP) is 3.08. The van der Waals surface area contributed by atoms with Gasteiger partial charge in [0.2, 0.25) is 11.8 Å². The van der Waals surface area contributed by atoms with E-state index in [1.807, 2.05) is 49.1 Å². The minimum atomic E-state index is -0.134. The Kier molecular flexibility index (Phi) is 6.82. The maximum absolute atomic E-state index is 12.7. The third-order valence-corrected chi connectivity index (χ3v) is 5.21. The average Bonchev–Trinajstić information content (AvgIpc) is 2.70. The highest BCUT2D eigenvalue weighted by molar-refractivity contribution is 6.05. The standard InChI is InChI=1S/C23H29N3O2/c1-3-26(21-11-7-8-19(2)16-21)23(28)17-22(27)25-14-12-24(13-15-25)18-20-9-5-4-6-10-20/h4-11,16H,3,12-15,17-18H2,1-2H3. The Morgan fingerprint density at radius 2 is 1.68 bits per heavy atom. The van der Waals surface area contributed by atoms with Gasteiger partial charge in [-0.2, -0.15) is 0 Å². The Balaban J connectivity index is 1.51. The van der Waals surface area contributed by atoms with Gasteiger partial charge >= 0.3 is 0 Å². The summed E-state index contributed by atoms with van der Waals surface area (Å²) in [6.07, 6.45) is -0.0690. The van der Waals surface area contributed by atoms with Crippen molar-refractivity contribution in [2.75, 3.05) is 37.6 Å². The Morgan fingerprint density at radius 3 is 2.32 bits per heavy atom. The van der Waals surface area contributed by atoms with Crippen molar-refractivity contribution in [1.82, 2.24) is 9.80 Å². The third kappa shape index (κ3) is 5.20. The molecule has 0 atom stereocenters. The monoisotopic (exact) mass is 379 g/mol. The number of nitrogens with zero attached hydrogens (tertiary/aromatic N) is 3. The van der Waals surface area contributed by atoms with E-state index < -0.39 is 0 Å². The van der Waals surface area contributed by atoms with Crippen molar-refractivity contribution in [1.29, 1.82) is 0 Å². The number of rotatable bonds is 6. The fraction of sp³-hybridized carbons (Fsp3) is 0.391. The number of hydrogen-bond acceptors (Lipinski definition) is 3. The van der Waals surface area contributed by atoms with Gasteiger partial charge in [0.05, 0.1) is 0 Å². The predicted molar refractivity (Wildman–Crippen MR) is 112 cm³/mol. The molecule has 0 radical (unpaired) electrons. The molecule has 0 bridgehead atoms. The molecule has 5 nitrogen and oxygen atoms in total. The molecule has 1 aliphatic heterocycles. The van der Waals surface area contributed by atoms with Gasteiger partial charge in [0, 0.05) is 45.0 Å². The smallest absolute Gasteiger partial charge is 0.236 e. The molecule has 148 valence electrons. The third-order valence-electron chi connectivity index (χ3n) is 5.21. The van der Waals surface area contributed by atoms with Crippen LogP contribution in [0.1, 0.15) is 24.5 Å². The second kappa shape index (κ2) is 9.51. The molecule has 1 aliphatic rings. The molecule has 2 amide bonds. The molecule has 1 saturated heterocycles. The molecule has 0 spiro atoms. The van der Waals surface area contributed by atoms with Gasteiger partial charge in [0.1, 0.15) is 6.42 Å². The zero-order chi connectivity index (χ0) is 19.9. The summed E-state index contributed by atoms with van der Waals surface area (Å²) in [7, 11) is 0. The van der Waals surface area contributed by atoms with Crippen LogP contribution < -0.4 is 4.90 Å². The van der Waals surface area contributed by atoms with E-state index in [0.29, 0.717) is 19.6 Å². The van der Waals surface area contributed by atoms with E-state index >= 15 is 0 Å². The van der Waals surface area contributed by atoms with Crippen LogP contribution in [0.15, 0.2) is 54.6 Å². The van der Waals surface area contributed by atoms with Crippen molar-refractivity contribution < 1.29 is 9.59 Å².